The molecule has 1 unspecified atom stereocenters. The van der Waals surface area contributed by atoms with Gasteiger partial charge in [-0.05, 0) is 44.9 Å². The van der Waals surface area contributed by atoms with Crippen molar-refractivity contribution in [3.05, 3.63) is 24.3 Å². The fourth-order valence-corrected chi connectivity index (χ4v) is 6.59. The van der Waals surface area contributed by atoms with Gasteiger partial charge in [-0.2, -0.15) is 0 Å². The van der Waals surface area contributed by atoms with Gasteiger partial charge in [-0.3, -0.25) is 14.2 Å². The van der Waals surface area contributed by atoms with Crippen molar-refractivity contribution in [3.63, 3.8) is 0 Å². The second kappa shape index (κ2) is 41.1. The van der Waals surface area contributed by atoms with Gasteiger partial charge in [0.1, 0.15) is 25.2 Å². The maximum Gasteiger partial charge on any atom is 1.00 e. The minimum atomic E-state index is -4.95. The number of carboxylic acid groups (broad SMARTS) is 1. The Morgan fingerprint density at radius 1 is 0.582 bits per heavy atom. The summed E-state index contributed by atoms with van der Waals surface area (Å²) in [6.07, 6.45) is 37.9. The Labute approximate surface area is 356 Å². The summed E-state index contributed by atoms with van der Waals surface area (Å²) in [7, 11) is -4.95. The number of quaternary nitrogens is 1. The Hall–Kier alpha value is -1.04. The molecule has 0 heterocycles. The molecule has 13 heteroatoms. The summed E-state index contributed by atoms with van der Waals surface area (Å²) in [5.74, 6) is -2.59. The molecule has 0 rings (SSSR count). The third-order valence-electron chi connectivity index (χ3n) is 9.23. The van der Waals surface area contributed by atoms with E-state index in [4.69, 9.17) is 14.0 Å². The second-order valence-electron chi connectivity index (χ2n) is 14.5. The van der Waals surface area contributed by atoms with E-state index in [2.05, 4.69) is 48.4 Å². The van der Waals surface area contributed by atoms with Crippen molar-refractivity contribution in [2.75, 3.05) is 19.8 Å². The number of phosphoric ester groups is 1. The first-order valence-electron chi connectivity index (χ1n) is 21.4. The summed E-state index contributed by atoms with van der Waals surface area (Å²) in [5.41, 5.74) is 3.24. The molecule has 0 aliphatic heterocycles. The molecule has 0 spiro atoms. The number of aliphatic carboxylic acids is 1. The molecule has 0 aromatic heterocycles. The Morgan fingerprint density at radius 2 is 0.982 bits per heavy atom. The number of allylic oxidation sites excluding steroid dienone is 4. The van der Waals surface area contributed by atoms with Gasteiger partial charge in [0.15, 0.2) is 6.10 Å². The number of unbranched alkanes of at least 4 members (excludes halogenated alkanes) is 22. The van der Waals surface area contributed by atoms with Gasteiger partial charge >= 0.3 is 41.5 Å². The summed E-state index contributed by atoms with van der Waals surface area (Å²) in [6, 6.07) is -1.42. The van der Waals surface area contributed by atoms with Crippen molar-refractivity contribution in [2.24, 2.45) is 0 Å². The van der Waals surface area contributed by atoms with Crippen LogP contribution >= 0.6 is 7.82 Å². The summed E-state index contributed by atoms with van der Waals surface area (Å²) >= 11 is 0. The number of hydrogen-bond donors (Lipinski definition) is 1. The van der Waals surface area contributed by atoms with Crippen molar-refractivity contribution >= 4 is 25.7 Å². The third-order valence-corrected chi connectivity index (χ3v) is 10.2. The third kappa shape index (κ3) is 40.9. The number of phosphoric acid groups is 1. The Balaban J connectivity index is 0. The summed E-state index contributed by atoms with van der Waals surface area (Å²) < 4.78 is 32.3. The van der Waals surface area contributed by atoms with Crippen LogP contribution in [-0.2, 0) is 37.5 Å². The predicted octanol–water partition coefficient (Wildman–Crippen LogP) is 5.38. The van der Waals surface area contributed by atoms with E-state index in [0.29, 0.717) is 12.8 Å². The topological polar surface area (TPSA) is 179 Å². The molecule has 55 heavy (non-hydrogen) atoms. The van der Waals surface area contributed by atoms with Gasteiger partial charge in [0.05, 0.1) is 6.61 Å². The zero-order valence-corrected chi connectivity index (χ0v) is 38.0. The number of ether oxygens (including phenoxy) is 2. The average molecular weight is 810 g/mol. The predicted molar refractivity (Wildman–Crippen MR) is 211 cm³/mol. The van der Waals surface area contributed by atoms with E-state index in [1.165, 1.54) is 89.9 Å². The van der Waals surface area contributed by atoms with Crippen LogP contribution in [0.4, 0.5) is 0 Å². The van der Waals surface area contributed by atoms with Crippen molar-refractivity contribution in [3.8, 4) is 0 Å². The first-order valence-corrected chi connectivity index (χ1v) is 22.9. The monoisotopic (exact) mass is 810 g/mol. The van der Waals surface area contributed by atoms with E-state index in [9.17, 15) is 28.9 Å². The van der Waals surface area contributed by atoms with Gasteiger partial charge in [-0.1, -0.05) is 160 Å². The van der Waals surface area contributed by atoms with Crippen LogP contribution in [0.3, 0.4) is 0 Å². The number of carbonyl (C=O) groups excluding carboxylic acids is 3. The number of hydrogen-bond acceptors (Lipinski definition) is 10. The minimum Gasteiger partial charge on any atom is -0.756 e. The number of rotatable bonds is 40. The normalized spacial score (nSPS) is 13.7. The summed E-state index contributed by atoms with van der Waals surface area (Å²) in [5, 5.41) is 10.8. The van der Waals surface area contributed by atoms with Crippen molar-refractivity contribution in [1.29, 1.82) is 0 Å². The standard InChI is InChI=1S/C42H78NO10P.Na/c1-3-5-7-9-11-13-15-17-19-21-23-25-27-29-31-33-40(44)50-35-38(36-51-54(48,49)52-37-39(43)42(46)47)53-41(45)34-32-30-28-26-24-22-20-18-16-14-12-10-8-6-4-2;/h12,14,18,20,38-39H,3-11,13,15-17,19,21-37,43H2,1-2H3,(H,46,47)(H,48,49);/q;+1/p-1/b14-12-,20-18-;/t38-,39+;/m1./s1. The van der Waals surface area contributed by atoms with Gasteiger partial charge in [0.25, 0.3) is 7.82 Å². The molecule has 3 N–H and O–H groups in total. The molecule has 0 saturated heterocycles. The molecule has 316 valence electrons. The average Bonchev–Trinajstić information content (AvgIpc) is 3.14. The van der Waals surface area contributed by atoms with Crippen LogP contribution < -0.4 is 45.3 Å². The Bertz CT molecular complexity index is 1030. The molecule has 0 saturated carbocycles. The molecule has 0 amide bonds. The van der Waals surface area contributed by atoms with Crippen LogP contribution in [0.25, 0.3) is 0 Å². The van der Waals surface area contributed by atoms with Crippen LogP contribution in [0.2, 0.25) is 0 Å². The molecule has 0 aliphatic carbocycles. The molecule has 0 bridgehead atoms. The van der Waals surface area contributed by atoms with Gasteiger partial charge in [-0.15, -0.1) is 0 Å². The Morgan fingerprint density at radius 3 is 1.47 bits per heavy atom. The van der Waals surface area contributed by atoms with Gasteiger partial charge in [0.2, 0.25) is 0 Å². The largest absolute Gasteiger partial charge is 1.00 e. The van der Waals surface area contributed by atoms with Crippen LogP contribution in [0.15, 0.2) is 24.3 Å². The quantitative estimate of drug-likeness (QED) is 0.0278. The smallest absolute Gasteiger partial charge is 0.756 e. The van der Waals surface area contributed by atoms with E-state index in [-0.39, 0.29) is 49.0 Å². The van der Waals surface area contributed by atoms with E-state index >= 15 is 0 Å². The van der Waals surface area contributed by atoms with E-state index in [0.717, 1.165) is 64.2 Å². The Kier molecular flexibility index (Phi) is 41.9. The molecule has 0 aliphatic rings. The summed E-state index contributed by atoms with van der Waals surface area (Å²) in [4.78, 5) is 48.0. The maximum absolute atomic E-state index is 12.6. The van der Waals surface area contributed by atoms with E-state index in [1.54, 1.807) is 0 Å². The molecule has 3 atom stereocenters. The van der Waals surface area contributed by atoms with Crippen molar-refractivity contribution < 1.29 is 82.8 Å². The SMILES string of the molecule is CCCCC/C=C\C/C=C\CCCCCCCC(=O)O[C@H](COC(=O)CCCCCCCCCCCCCCCCC)COP(=O)([O-])OC[C@H]([NH3+])C(=O)[O-].[Na+]. The van der Waals surface area contributed by atoms with Crippen molar-refractivity contribution in [1.82, 2.24) is 0 Å². The second-order valence-corrected chi connectivity index (χ2v) is 15.9. The fraction of sp³-hybridized carbons (Fsp3) is 0.833. The van der Waals surface area contributed by atoms with Crippen LogP contribution in [0, 0.1) is 0 Å². The molecular weight excluding hydrogens is 732 g/mol. The van der Waals surface area contributed by atoms with Gasteiger partial charge in [-0.25, -0.2) is 0 Å². The fourth-order valence-electron chi connectivity index (χ4n) is 5.80. The molecular formula is C42H77NNaO10P. The molecule has 0 radical (unpaired) electrons. The first-order chi connectivity index (χ1) is 26.1. The molecule has 0 fully saturated rings. The zero-order valence-electron chi connectivity index (χ0n) is 35.1. The van der Waals surface area contributed by atoms with Crippen LogP contribution in [0.1, 0.15) is 194 Å². The number of carboxylic acids is 1. The minimum absolute atomic E-state index is 0. The van der Waals surface area contributed by atoms with Crippen LogP contribution in [-0.4, -0.2) is 49.9 Å². The number of esters is 2. The van der Waals surface area contributed by atoms with E-state index < -0.39 is 51.1 Å². The number of carbonyl (C=O) groups is 3. The van der Waals surface area contributed by atoms with E-state index in [1.807, 2.05) is 0 Å². The van der Waals surface area contributed by atoms with Crippen LogP contribution in [0.5, 0.6) is 0 Å². The maximum atomic E-state index is 12.6. The van der Waals surface area contributed by atoms with Gasteiger partial charge < -0.3 is 39.0 Å². The zero-order chi connectivity index (χ0) is 40.0. The first kappa shape index (κ1) is 56.1. The molecule has 0 aromatic carbocycles. The molecule has 11 nitrogen and oxygen atoms in total. The van der Waals surface area contributed by atoms with Crippen molar-refractivity contribution in [2.45, 2.75) is 206 Å². The van der Waals surface area contributed by atoms with Gasteiger partial charge in [0, 0.05) is 12.8 Å². The molecule has 0 aromatic rings. The summed E-state index contributed by atoms with van der Waals surface area (Å²) in [6.45, 7) is 2.67.